The SMILES string of the molecule is CCC(CC1CCCC1)C(=O)N1CCNC(C)C1. The molecule has 3 nitrogen and oxygen atoms in total. The van der Waals surface area contributed by atoms with E-state index in [1.54, 1.807) is 0 Å². The van der Waals surface area contributed by atoms with Crippen LogP contribution in [0.2, 0.25) is 0 Å². The molecule has 2 rings (SSSR count). The molecular formula is C15H28N2O. The number of amides is 1. The van der Waals surface area contributed by atoms with Gasteiger partial charge in [0.1, 0.15) is 0 Å². The third-order valence-corrected chi connectivity index (χ3v) is 4.62. The van der Waals surface area contributed by atoms with E-state index in [4.69, 9.17) is 0 Å². The van der Waals surface area contributed by atoms with Crippen molar-refractivity contribution in [2.45, 2.75) is 58.4 Å². The molecule has 2 aliphatic rings. The standard InChI is InChI=1S/C15H28N2O/c1-3-14(10-13-6-4-5-7-13)15(18)17-9-8-16-12(2)11-17/h12-14,16H,3-11H2,1-2H3. The molecule has 1 aliphatic heterocycles. The van der Waals surface area contributed by atoms with Gasteiger partial charge in [0, 0.05) is 31.6 Å². The second kappa shape index (κ2) is 6.55. The maximum Gasteiger partial charge on any atom is 0.225 e. The number of piperazine rings is 1. The molecule has 1 saturated carbocycles. The van der Waals surface area contributed by atoms with Gasteiger partial charge in [-0.1, -0.05) is 32.6 Å². The van der Waals surface area contributed by atoms with Crippen LogP contribution in [0.3, 0.4) is 0 Å². The van der Waals surface area contributed by atoms with E-state index in [2.05, 4.69) is 24.1 Å². The predicted octanol–water partition coefficient (Wildman–Crippen LogP) is 2.41. The van der Waals surface area contributed by atoms with Crippen LogP contribution in [-0.4, -0.2) is 36.5 Å². The first-order chi connectivity index (χ1) is 8.70. The number of hydrogen-bond donors (Lipinski definition) is 1. The Morgan fingerprint density at radius 1 is 1.39 bits per heavy atom. The normalized spacial score (nSPS) is 27.4. The van der Waals surface area contributed by atoms with Crippen LogP contribution in [-0.2, 0) is 4.79 Å². The van der Waals surface area contributed by atoms with Gasteiger partial charge >= 0.3 is 0 Å². The van der Waals surface area contributed by atoms with Gasteiger partial charge in [-0.25, -0.2) is 0 Å². The zero-order valence-corrected chi connectivity index (χ0v) is 12.0. The number of carbonyl (C=O) groups excluding carboxylic acids is 1. The lowest BCUT2D eigenvalue weighted by Gasteiger charge is -2.34. The molecule has 104 valence electrons. The molecule has 2 fully saturated rings. The Morgan fingerprint density at radius 2 is 2.11 bits per heavy atom. The highest BCUT2D eigenvalue weighted by Crippen LogP contribution is 2.32. The number of rotatable bonds is 4. The molecule has 1 heterocycles. The molecule has 0 aromatic rings. The van der Waals surface area contributed by atoms with Crippen molar-refractivity contribution in [1.82, 2.24) is 10.2 Å². The average molecular weight is 252 g/mol. The summed E-state index contributed by atoms with van der Waals surface area (Å²) in [6, 6.07) is 0.451. The van der Waals surface area contributed by atoms with Gasteiger partial charge in [-0.05, 0) is 25.7 Å². The fraction of sp³-hybridized carbons (Fsp3) is 0.933. The van der Waals surface area contributed by atoms with Crippen molar-refractivity contribution in [3.63, 3.8) is 0 Å². The van der Waals surface area contributed by atoms with Crippen LogP contribution in [0.5, 0.6) is 0 Å². The van der Waals surface area contributed by atoms with Crippen molar-refractivity contribution >= 4 is 5.91 Å². The van der Waals surface area contributed by atoms with E-state index < -0.39 is 0 Å². The number of nitrogens with one attached hydrogen (secondary N) is 1. The molecule has 2 unspecified atom stereocenters. The molecule has 0 aromatic carbocycles. The zero-order chi connectivity index (χ0) is 13.0. The minimum atomic E-state index is 0.276. The van der Waals surface area contributed by atoms with E-state index in [1.807, 2.05) is 0 Å². The molecule has 0 spiro atoms. The predicted molar refractivity (Wildman–Crippen MR) is 74.4 cm³/mol. The van der Waals surface area contributed by atoms with Gasteiger partial charge in [-0.2, -0.15) is 0 Å². The van der Waals surface area contributed by atoms with Crippen molar-refractivity contribution in [3.05, 3.63) is 0 Å². The Labute approximate surface area is 111 Å². The fourth-order valence-corrected chi connectivity index (χ4v) is 3.48. The molecule has 0 aromatic heterocycles. The van der Waals surface area contributed by atoms with E-state index in [9.17, 15) is 4.79 Å². The van der Waals surface area contributed by atoms with Gasteiger partial charge in [-0.3, -0.25) is 4.79 Å². The molecule has 1 amide bonds. The molecule has 1 N–H and O–H groups in total. The largest absolute Gasteiger partial charge is 0.340 e. The Morgan fingerprint density at radius 3 is 2.72 bits per heavy atom. The highest BCUT2D eigenvalue weighted by atomic mass is 16.2. The fourth-order valence-electron chi connectivity index (χ4n) is 3.48. The maximum absolute atomic E-state index is 12.6. The summed E-state index contributed by atoms with van der Waals surface area (Å²) in [5, 5.41) is 3.40. The van der Waals surface area contributed by atoms with Crippen LogP contribution in [0.15, 0.2) is 0 Å². The number of nitrogens with zero attached hydrogens (tertiary/aromatic N) is 1. The van der Waals surface area contributed by atoms with E-state index in [1.165, 1.54) is 25.7 Å². The summed E-state index contributed by atoms with van der Waals surface area (Å²) in [7, 11) is 0. The quantitative estimate of drug-likeness (QED) is 0.833. The van der Waals surface area contributed by atoms with Crippen LogP contribution in [0.25, 0.3) is 0 Å². The lowest BCUT2D eigenvalue weighted by molar-refractivity contribution is -0.137. The van der Waals surface area contributed by atoms with Crippen molar-refractivity contribution in [2.75, 3.05) is 19.6 Å². The first-order valence-electron chi connectivity index (χ1n) is 7.73. The molecule has 2 atom stereocenters. The van der Waals surface area contributed by atoms with Crippen LogP contribution >= 0.6 is 0 Å². The third kappa shape index (κ3) is 3.47. The second-order valence-electron chi connectivity index (χ2n) is 6.13. The molecule has 1 saturated heterocycles. The molecule has 0 bridgehead atoms. The van der Waals surface area contributed by atoms with Crippen molar-refractivity contribution < 1.29 is 4.79 Å². The van der Waals surface area contributed by atoms with Crippen molar-refractivity contribution in [2.24, 2.45) is 11.8 Å². The number of carbonyl (C=O) groups is 1. The van der Waals surface area contributed by atoms with Gasteiger partial charge < -0.3 is 10.2 Å². The van der Waals surface area contributed by atoms with E-state index in [-0.39, 0.29) is 5.92 Å². The Kier molecular flexibility index (Phi) is 5.04. The Hall–Kier alpha value is -0.570. The van der Waals surface area contributed by atoms with Gasteiger partial charge in [0.2, 0.25) is 5.91 Å². The van der Waals surface area contributed by atoms with Crippen molar-refractivity contribution in [1.29, 1.82) is 0 Å². The van der Waals surface area contributed by atoms with E-state index in [0.29, 0.717) is 11.9 Å². The highest BCUT2D eigenvalue weighted by Gasteiger charge is 2.29. The topological polar surface area (TPSA) is 32.3 Å². The summed E-state index contributed by atoms with van der Waals surface area (Å²) in [4.78, 5) is 14.6. The van der Waals surface area contributed by atoms with Crippen molar-refractivity contribution in [3.8, 4) is 0 Å². The molecule has 18 heavy (non-hydrogen) atoms. The zero-order valence-electron chi connectivity index (χ0n) is 12.0. The molecule has 3 heteroatoms. The lowest BCUT2D eigenvalue weighted by atomic mass is 9.90. The Balaban J connectivity index is 1.87. The van der Waals surface area contributed by atoms with E-state index >= 15 is 0 Å². The summed E-state index contributed by atoms with van der Waals surface area (Å²) >= 11 is 0. The first-order valence-corrected chi connectivity index (χ1v) is 7.73. The minimum absolute atomic E-state index is 0.276. The first kappa shape index (κ1) is 13.9. The highest BCUT2D eigenvalue weighted by molar-refractivity contribution is 5.79. The van der Waals surface area contributed by atoms with Gasteiger partial charge in [-0.15, -0.1) is 0 Å². The van der Waals surface area contributed by atoms with Gasteiger partial charge in [0.05, 0.1) is 0 Å². The summed E-state index contributed by atoms with van der Waals surface area (Å²) < 4.78 is 0. The monoisotopic (exact) mass is 252 g/mol. The lowest BCUT2D eigenvalue weighted by Crippen LogP contribution is -2.52. The van der Waals surface area contributed by atoms with Gasteiger partial charge in [0.15, 0.2) is 0 Å². The molecule has 1 aliphatic carbocycles. The summed E-state index contributed by atoms with van der Waals surface area (Å²) in [6.07, 6.45) is 7.59. The van der Waals surface area contributed by atoms with Gasteiger partial charge in [0.25, 0.3) is 0 Å². The molecule has 0 radical (unpaired) electrons. The minimum Gasteiger partial charge on any atom is -0.340 e. The van der Waals surface area contributed by atoms with Crippen LogP contribution in [0.4, 0.5) is 0 Å². The summed E-state index contributed by atoms with van der Waals surface area (Å²) in [5.41, 5.74) is 0. The van der Waals surface area contributed by atoms with Crippen LogP contribution < -0.4 is 5.32 Å². The maximum atomic E-state index is 12.6. The average Bonchev–Trinajstić information content (AvgIpc) is 2.88. The van der Waals surface area contributed by atoms with E-state index in [0.717, 1.165) is 38.4 Å². The summed E-state index contributed by atoms with van der Waals surface area (Å²) in [5.74, 6) is 1.51. The Bertz CT molecular complexity index is 274. The second-order valence-corrected chi connectivity index (χ2v) is 6.13. The smallest absolute Gasteiger partial charge is 0.225 e. The van der Waals surface area contributed by atoms with Crippen LogP contribution in [0.1, 0.15) is 52.4 Å². The number of hydrogen-bond acceptors (Lipinski definition) is 2. The van der Waals surface area contributed by atoms with Crippen LogP contribution in [0, 0.1) is 11.8 Å². The third-order valence-electron chi connectivity index (χ3n) is 4.62. The molecular weight excluding hydrogens is 224 g/mol. The summed E-state index contributed by atoms with van der Waals surface area (Å²) in [6.45, 7) is 7.07.